The minimum Gasteiger partial charge on any atom is -0.493 e. The topological polar surface area (TPSA) is 97.0 Å². The van der Waals surface area contributed by atoms with Crippen LogP contribution in [0, 0.1) is 0 Å². The Labute approximate surface area is 183 Å². The molecule has 4 amide bonds. The number of carbonyl (C=O) groups excluding carboxylic acids is 3. The summed E-state index contributed by atoms with van der Waals surface area (Å²) in [5.41, 5.74) is -0.476. The van der Waals surface area contributed by atoms with Gasteiger partial charge in [-0.2, -0.15) is 0 Å². The molecule has 0 saturated carbocycles. The van der Waals surface area contributed by atoms with Gasteiger partial charge < -0.3 is 20.1 Å². The highest BCUT2D eigenvalue weighted by molar-refractivity contribution is 6.42. The number of rotatable bonds is 6. The van der Waals surface area contributed by atoms with Crippen molar-refractivity contribution in [2.75, 3.05) is 26.1 Å². The van der Waals surface area contributed by atoms with Crippen LogP contribution in [0.15, 0.2) is 36.4 Å². The van der Waals surface area contributed by atoms with Crippen LogP contribution in [0.4, 0.5) is 10.5 Å². The molecule has 1 aliphatic heterocycles. The van der Waals surface area contributed by atoms with Crippen LogP contribution < -0.4 is 20.1 Å². The lowest BCUT2D eigenvalue weighted by Crippen LogP contribution is -2.42. The monoisotopic (exact) mass is 451 g/mol. The van der Waals surface area contributed by atoms with E-state index in [1.54, 1.807) is 31.2 Å². The maximum atomic E-state index is 13.0. The maximum absolute atomic E-state index is 13.0. The van der Waals surface area contributed by atoms with E-state index >= 15 is 0 Å². The first-order valence-corrected chi connectivity index (χ1v) is 9.56. The Morgan fingerprint density at radius 1 is 1.07 bits per heavy atom. The fourth-order valence-corrected chi connectivity index (χ4v) is 3.40. The van der Waals surface area contributed by atoms with Crippen LogP contribution in [0.2, 0.25) is 10.0 Å². The van der Waals surface area contributed by atoms with Crippen molar-refractivity contribution in [1.82, 2.24) is 10.2 Å². The molecule has 10 heteroatoms. The molecule has 1 heterocycles. The predicted molar refractivity (Wildman–Crippen MR) is 112 cm³/mol. The zero-order valence-corrected chi connectivity index (χ0v) is 17.9. The number of urea groups is 1. The third-order valence-corrected chi connectivity index (χ3v) is 5.48. The summed E-state index contributed by atoms with van der Waals surface area (Å²) in [4.78, 5) is 38.7. The first kappa shape index (κ1) is 21.7. The standard InChI is InChI=1S/C20H19Cl2N3O5/c1-20(11-4-7-15(29-2)16(8-11)30-3)18(27)25(19(28)24-20)10-17(26)23-12-5-6-13(21)14(22)9-12/h4-9H,10H2,1-3H3,(H,23,26)(H,24,28)/t20-/m1/s1. The molecule has 2 aromatic carbocycles. The molecule has 1 fully saturated rings. The number of ether oxygens (including phenoxy) is 2. The molecule has 2 N–H and O–H groups in total. The molecule has 1 saturated heterocycles. The summed E-state index contributed by atoms with van der Waals surface area (Å²) in [5, 5.41) is 5.84. The van der Waals surface area contributed by atoms with E-state index in [9.17, 15) is 14.4 Å². The Morgan fingerprint density at radius 3 is 2.40 bits per heavy atom. The second kappa shape index (κ2) is 8.41. The first-order chi connectivity index (χ1) is 14.2. The van der Waals surface area contributed by atoms with Crippen molar-refractivity contribution < 1.29 is 23.9 Å². The Bertz CT molecular complexity index is 1030. The summed E-state index contributed by atoms with van der Waals surface area (Å²) in [5.74, 6) is -0.231. The quantitative estimate of drug-likeness (QED) is 0.655. The minimum atomic E-state index is -1.36. The van der Waals surface area contributed by atoms with Crippen LogP contribution >= 0.6 is 23.2 Å². The van der Waals surface area contributed by atoms with Crippen molar-refractivity contribution >= 4 is 46.7 Å². The molecule has 0 unspecified atom stereocenters. The Morgan fingerprint density at radius 2 is 1.77 bits per heavy atom. The van der Waals surface area contributed by atoms with Crippen LogP contribution in [-0.4, -0.2) is 43.5 Å². The van der Waals surface area contributed by atoms with Gasteiger partial charge in [0.1, 0.15) is 12.1 Å². The number of hydrogen-bond donors (Lipinski definition) is 2. The lowest BCUT2D eigenvalue weighted by atomic mass is 9.91. The number of amides is 4. The molecule has 0 spiro atoms. The maximum Gasteiger partial charge on any atom is 0.325 e. The molecule has 1 aliphatic rings. The molecule has 1 atom stereocenters. The van der Waals surface area contributed by atoms with Gasteiger partial charge >= 0.3 is 6.03 Å². The third kappa shape index (κ3) is 4.01. The zero-order valence-electron chi connectivity index (χ0n) is 16.4. The largest absolute Gasteiger partial charge is 0.493 e. The van der Waals surface area contributed by atoms with Crippen molar-refractivity contribution in [3.63, 3.8) is 0 Å². The lowest BCUT2D eigenvalue weighted by Gasteiger charge is -2.23. The SMILES string of the molecule is COc1ccc([C@@]2(C)NC(=O)N(CC(=O)Nc3ccc(Cl)c(Cl)c3)C2=O)cc1OC. The van der Waals surface area contributed by atoms with E-state index in [4.69, 9.17) is 32.7 Å². The van der Waals surface area contributed by atoms with Crippen LogP contribution in [0.3, 0.4) is 0 Å². The highest BCUT2D eigenvalue weighted by Gasteiger charge is 2.49. The number of anilines is 1. The Kier molecular flexibility index (Phi) is 6.09. The number of methoxy groups -OCH3 is 2. The average Bonchev–Trinajstić information content (AvgIpc) is 2.94. The summed E-state index contributed by atoms with van der Waals surface area (Å²) in [6.07, 6.45) is 0. The molecule has 0 radical (unpaired) electrons. The van der Waals surface area contributed by atoms with Gasteiger partial charge in [0.2, 0.25) is 5.91 Å². The van der Waals surface area contributed by atoms with Crippen molar-refractivity contribution in [3.8, 4) is 11.5 Å². The minimum absolute atomic E-state index is 0.269. The molecule has 0 aliphatic carbocycles. The van der Waals surface area contributed by atoms with E-state index in [-0.39, 0.29) is 5.02 Å². The van der Waals surface area contributed by atoms with Gasteiger partial charge in [-0.25, -0.2) is 4.79 Å². The number of imide groups is 1. The molecule has 0 bridgehead atoms. The smallest absolute Gasteiger partial charge is 0.325 e. The number of carbonyl (C=O) groups is 3. The van der Waals surface area contributed by atoms with E-state index in [1.807, 2.05) is 0 Å². The summed E-state index contributed by atoms with van der Waals surface area (Å²) < 4.78 is 10.5. The highest BCUT2D eigenvalue weighted by Crippen LogP contribution is 2.35. The van der Waals surface area contributed by atoms with Crippen molar-refractivity contribution in [1.29, 1.82) is 0 Å². The van der Waals surface area contributed by atoms with Crippen LogP contribution in [0.1, 0.15) is 12.5 Å². The molecular formula is C20H19Cl2N3O5. The van der Waals surface area contributed by atoms with E-state index < -0.39 is 29.9 Å². The zero-order chi connectivity index (χ0) is 22.1. The van der Waals surface area contributed by atoms with Crippen molar-refractivity contribution in [2.45, 2.75) is 12.5 Å². The molecular weight excluding hydrogens is 433 g/mol. The average molecular weight is 452 g/mol. The number of benzene rings is 2. The van der Waals surface area contributed by atoms with Gasteiger partial charge in [0.05, 0.1) is 24.3 Å². The summed E-state index contributed by atoms with van der Waals surface area (Å²) in [6.45, 7) is 1.10. The Hall–Kier alpha value is -2.97. The highest BCUT2D eigenvalue weighted by atomic mass is 35.5. The van der Waals surface area contributed by atoms with Gasteiger partial charge in [-0.15, -0.1) is 0 Å². The fourth-order valence-electron chi connectivity index (χ4n) is 3.10. The van der Waals surface area contributed by atoms with E-state index in [1.165, 1.54) is 26.4 Å². The summed E-state index contributed by atoms with van der Waals surface area (Å²) >= 11 is 11.8. The van der Waals surface area contributed by atoms with Crippen molar-refractivity contribution in [2.24, 2.45) is 0 Å². The molecule has 2 aromatic rings. The molecule has 0 aromatic heterocycles. The molecule has 8 nitrogen and oxygen atoms in total. The van der Waals surface area contributed by atoms with Gasteiger partial charge in [-0.1, -0.05) is 29.3 Å². The normalized spacial score (nSPS) is 18.2. The van der Waals surface area contributed by atoms with Gasteiger partial charge in [0.25, 0.3) is 5.91 Å². The van der Waals surface area contributed by atoms with Gasteiger partial charge in [0, 0.05) is 5.69 Å². The van der Waals surface area contributed by atoms with Crippen molar-refractivity contribution in [3.05, 3.63) is 52.0 Å². The number of halogens is 2. The van der Waals surface area contributed by atoms with Crippen LogP contribution in [-0.2, 0) is 15.1 Å². The Balaban J connectivity index is 1.78. The van der Waals surface area contributed by atoms with E-state index in [2.05, 4.69) is 10.6 Å². The predicted octanol–water partition coefficient (Wildman–Crippen LogP) is 3.42. The fraction of sp³-hybridized carbons (Fsp3) is 0.250. The first-order valence-electron chi connectivity index (χ1n) is 8.81. The number of nitrogens with zero attached hydrogens (tertiary/aromatic N) is 1. The third-order valence-electron chi connectivity index (χ3n) is 4.74. The number of hydrogen-bond acceptors (Lipinski definition) is 5. The molecule has 158 valence electrons. The van der Waals surface area contributed by atoms with Gasteiger partial charge in [-0.05, 0) is 42.8 Å². The number of nitrogens with one attached hydrogen (secondary N) is 2. The van der Waals surface area contributed by atoms with Gasteiger partial charge in [-0.3, -0.25) is 14.5 Å². The van der Waals surface area contributed by atoms with Crippen LogP contribution in [0.25, 0.3) is 0 Å². The molecule has 3 rings (SSSR count). The lowest BCUT2D eigenvalue weighted by molar-refractivity contribution is -0.133. The summed E-state index contributed by atoms with van der Waals surface area (Å²) in [7, 11) is 2.97. The summed E-state index contributed by atoms with van der Waals surface area (Å²) in [6, 6.07) is 8.78. The van der Waals surface area contributed by atoms with Gasteiger partial charge in [0.15, 0.2) is 11.5 Å². The second-order valence-corrected chi connectivity index (χ2v) is 7.51. The second-order valence-electron chi connectivity index (χ2n) is 6.69. The molecule has 30 heavy (non-hydrogen) atoms. The van der Waals surface area contributed by atoms with E-state index in [0.717, 1.165) is 4.90 Å². The van der Waals surface area contributed by atoms with E-state index in [0.29, 0.717) is 27.8 Å². The van der Waals surface area contributed by atoms with Crippen LogP contribution in [0.5, 0.6) is 11.5 Å².